The molecule has 0 bridgehead atoms. The molecular weight excluding hydrogens is 286 g/mol. The Morgan fingerprint density at radius 2 is 2.13 bits per heavy atom. The van der Waals surface area contributed by atoms with Crippen molar-refractivity contribution in [1.82, 2.24) is 14.0 Å². The highest BCUT2D eigenvalue weighted by Gasteiger charge is 2.32. The molecule has 23 heavy (non-hydrogen) atoms. The largest absolute Gasteiger partial charge is 0.338 e. The van der Waals surface area contributed by atoms with Gasteiger partial charge in [0.1, 0.15) is 0 Å². The maximum Gasteiger partial charge on any atom is 0.183 e. The molecule has 0 aliphatic heterocycles. The molecule has 4 heteroatoms. The van der Waals surface area contributed by atoms with Crippen LogP contribution in [0.5, 0.6) is 0 Å². The Labute approximate surface area is 135 Å². The summed E-state index contributed by atoms with van der Waals surface area (Å²) in [5, 5.41) is 0. The van der Waals surface area contributed by atoms with Crippen molar-refractivity contribution in [2.75, 3.05) is 0 Å². The van der Waals surface area contributed by atoms with E-state index in [4.69, 9.17) is 0 Å². The molecule has 0 aromatic carbocycles. The molecule has 0 N–H and O–H groups in total. The molecule has 0 fully saturated rings. The van der Waals surface area contributed by atoms with Crippen molar-refractivity contribution in [3.63, 3.8) is 0 Å². The smallest absolute Gasteiger partial charge is 0.183 e. The molecule has 0 radical (unpaired) electrons. The standard InChI is InChI=1S/C19H21N3O/c1-12-15-8-7-14(10-16-13(2)21(3)11-20-16)19(23)18(15)22-9-5-4-6-17(12)22/h4-6,9,11,14H,7-8,10H2,1-3H3. The highest BCUT2D eigenvalue weighted by atomic mass is 16.1. The van der Waals surface area contributed by atoms with E-state index < -0.39 is 0 Å². The zero-order chi connectivity index (χ0) is 16.1. The van der Waals surface area contributed by atoms with Crippen molar-refractivity contribution in [2.24, 2.45) is 13.0 Å². The fraction of sp³-hybridized carbons (Fsp3) is 0.368. The lowest BCUT2D eigenvalue weighted by atomic mass is 9.82. The molecule has 4 nitrogen and oxygen atoms in total. The van der Waals surface area contributed by atoms with E-state index in [-0.39, 0.29) is 11.7 Å². The van der Waals surface area contributed by atoms with Crippen molar-refractivity contribution < 1.29 is 4.79 Å². The Morgan fingerprint density at radius 1 is 1.30 bits per heavy atom. The number of aromatic nitrogens is 3. The van der Waals surface area contributed by atoms with Crippen LogP contribution in [-0.4, -0.2) is 19.7 Å². The van der Waals surface area contributed by atoms with E-state index in [2.05, 4.69) is 29.3 Å². The molecule has 4 rings (SSSR count). The summed E-state index contributed by atoms with van der Waals surface area (Å²) in [7, 11) is 2.00. The van der Waals surface area contributed by atoms with Gasteiger partial charge in [-0.15, -0.1) is 0 Å². The number of pyridine rings is 1. The second-order valence-corrected chi connectivity index (χ2v) is 6.60. The molecule has 1 aliphatic carbocycles. The summed E-state index contributed by atoms with van der Waals surface area (Å²) in [5.41, 5.74) is 6.73. The SMILES string of the molecule is Cc1c2c(n3ccccc13)C(=O)C(Cc1ncn(C)c1C)CC2. The van der Waals surface area contributed by atoms with E-state index in [9.17, 15) is 4.79 Å². The molecule has 118 valence electrons. The third kappa shape index (κ3) is 2.05. The van der Waals surface area contributed by atoms with Gasteiger partial charge in [-0.05, 0) is 49.9 Å². The second kappa shape index (κ2) is 5.08. The van der Waals surface area contributed by atoms with Gasteiger partial charge in [-0.1, -0.05) is 6.07 Å². The lowest BCUT2D eigenvalue weighted by Crippen LogP contribution is -2.25. The van der Waals surface area contributed by atoms with Crippen molar-refractivity contribution in [3.05, 3.63) is 58.9 Å². The van der Waals surface area contributed by atoms with Crippen molar-refractivity contribution in [2.45, 2.75) is 33.1 Å². The third-order valence-corrected chi connectivity index (χ3v) is 5.34. The molecule has 0 amide bonds. The number of rotatable bonds is 2. The predicted molar refractivity (Wildman–Crippen MR) is 89.9 cm³/mol. The van der Waals surface area contributed by atoms with Crippen LogP contribution in [0.15, 0.2) is 30.7 Å². The van der Waals surface area contributed by atoms with Gasteiger partial charge in [-0.2, -0.15) is 0 Å². The van der Waals surface area contributed by atoms with E-state index in [1.54, 1.807) is 0 Å². The van der Waals surface area contributed by atoms with Gasteiger partial charge >= 0.3 is 0 Å². The first-order valence-electron chi connectivity index (χ1n) is 8.17. The van der Waals surface area contributed by atoms with Crippen LogP contribution in [0.1, 0.15) is 39.4 Å². The van der Waals surface area contributed by atoms with E-state index in [0.717, 1.165) is 41.9 Å². The van der Waals surface area contributed by atoms with Gasteiger partial charge in [0.25, 0.3) is 0 Å². The fourth-order valence-electron chi connectivity index (χ4n) is 3.81. The summed E-state index contributed by atoms with van der Waals surface area (Å²) in [6.45, 7) is 4.20. The Bertz CT molecular complexity index is 916. The highest BCUT2D eigenvalue weighted by Crippen LogP contribution is 2.33. The minimum Gasteiger partial charge on any atom is -0.338 e. The number of aryl methyl sites for hydroxylation is 2. The molecule has 3 aromatic rings. The number of imidazole rings is 1. The van der Waals surface area contributed by atoms with E-state index in [0.29, 0.717) is 0 Å². The minimum atomic E-state index is 0.0359. The summed E-state index contributed by atoms with van der Waals surface area (Å²) >= 11 is 0. The lowest BCUT2D eigenvalue weighted by molar-refractivity contribution is 0.0894. The zero-order valence-corrected chi connectivity index (χ0v) is 13.8. The van der Waals surface area contributed by atoms with E-state index in [1.807, 2.05) is 36.3 Å². The van der Waals surface area contributed by atoms with Crippen LogP contribution in [0.4, 0.5) is 0 Å². The molecular formula is C19H21N3O. The van der Waals surface area contributed by atoms with Crippen molar-refractivity contribution in [1.29, 1.82) is 0 Å². The highest BCUT2D eigenvalue weighted by molar-refractivity contribution is 6.01. The number of hydrogen-bond acceptors (Lipinski definition) is 2. The van der Waals surface area contributed by atoms with Crippen LogP contribution in [0.25, 0.3) is 5.52 Å². The molecule has 3 heterocycles. The first kappa shape index (κ1) is 14.2. The van der Waals surface area contributed by atoms with E-state index >= 15 is 0 Å². The fourth-order valence-corrected chi connectivity index (χ4v) is 3.81. The van der Waals surface area contributed by atoms with Gasteiger partial charge in [0, 0.05) is 36.8 Å². The molecule has 1 aliphatic rings. The number of hydrogen-bond donors (Lipinski definition) is 0. The van der Waals surface area contributed by atoms with Gasteiger partial charge in [-0.25, -0.2) is 4.98 Å². The Balaban J connectivity index is 1.75. The summed E-state index contributed by atoms with van der Waals surface area (Å²) in [5.74, 6) is 0.305. The van der Waals surface area contributed by atoms with Gasteiger partial charge in [0.05, 0.1) is 17.7 Å². The normalized spacial score (nSPS) is 17.7. The van der Waals surface area contributed by atoms with Gasteiger partial charge < -0.3 is 8.97 Å². The molecule has 1 atom stereocenters. The molecule has 0 spiro atoms. The topological polar surface area (TPSA) is 39.3 Å². The number of carbonyl (C=O) groups is 1. The number of Topliss-reactive ketones (excluding diaryl/α,β-unsaturated/α-hetero) is 1. The van der Waals surface area contributed by atoms with Crippen molar-refractivity contribution in [3.8, 4) is 0 Å². The first-order valence-corrected chi connectivity index (χ1v) is 8.17. The Kier molecular flexibility index (Phi) is 3.15. The average molecular weight is 307 g/mol. The van der Waals surface area contributed by atoms with Crippen LogP contribution in [0, 0.1) is 19.8 Å². The number of carbonyl (C=O) groups excluding carboxylic acids is 1. The average Bonchev–Trinajstić information content (AvgIpc) is 3.03. The quantitative estimate of drug-likeness (QED) is 0.729. The maximum absolute atomic E-state index is 13.1. The number of fused-ring (bicyclic) bond motifs is 3. The summed E-state index contributed by atoms with van der Waals surface area (Å²) in [6.07, 6.45) is 6.47. The zero-order valence-electron chi connectivity index (χ0n) is 13.8. The van der Waals surface area contributed by atoms with Gasteiger partial charge in [0.15, 0.2) is 5.78 Å². The second-order valence-electron chi connectivity index (χ2n) is 6.60. The lowest BCUT2D eigenvalue weighted by Gasteiger charge is -2.21. The number of nitrogens with zero attached hydrogens (tertiary/aromatic N) is 3. The Morgan fingerprint density at radius 3 is 2.87 bits per heavy atom. The molecule has 0 saturated heterocycles. The maximum atomic E-state index is 13.1. The summed E-state index contributed by atoms with van der Waals surface area (Å²) < 4.78 is 4.09. The summed E-state index contributed by atoms with van der Waals surface area (Å²) in [6, 6.07) is 6.12. The van der Waals surface area contributed by atoms with Crippen LogP contribution >= 0.6 is 0 Å². The molecule has 3 aromatic heterocycles. The molecule has 1 unspecified atom stereocenters. The Hall–Kier alpha value is -2.36. The van der Waals surface area contributed by atoms with E-state index in [1.165, 1.54) is 11.1 Å². The minimum absolute atomic E-state index is 0.0359. The van der Waals surface area contributed by atoms with Gasteiger partial charge in [0.2, 0.25) is 0 Å². The third-order valence-electron chi connectivity index (χ3n) is 5.34. The van der Waals surface area contributed by atoms with Crippen molar-refractivity contribution >= 4 is 11.3 Å². The molecule has 0 saturated carbocycles. The van der Waals surface area contributed by atoms with Crippen LogP contribution in [0.3, 0.4) is 0 Å². The summed E-state index contributed by atoms with van der Waals surface area (Å²) in [4.78, 5) is 17.6. The van der Waals surface area contributed by atoms with Gasteiger partial charge in [-0.3, -0.25) is 4.79 Å². The van der Waals surface area contributed by atoms with Crippen LogP contribution in [0.2, 0.25) is 0 Å². The monoisotopic (exact) mass is 307 g/mol. The number of ketones is 1. The van der Waals surface area contributed by atoms with Crippen LogP contribution in [-0.2, 0) is 19.9 Å². The van der Waals surface area contributed by atoms with Crippen LogP contribution < -0.4 is 0 Å². The first-order chi connectivity index (χ1) is 11.1. The predicted octanol–water partition coefficient (Wildman–Crippen LogP) is 3.28.